The van der Waals surface area contributed by atoms with Gasteiger partial charge in [-0.2, -0.15) is 0 Å². The van der Waals surface area contributed by atoms with Crippen LogP contribution in [0.5, 0.6) is 0 Å². The molecular weight excluding hydrogens is 218 g/mol. The van der Waals surface area contributed by atoms with Crippen molar-refractivity contribution in [2.75, 3.05) is 12.3 Å². The van der Waals surface area contributed by atoms with E-state index < -0.39 is 5.97 Å². The molecule has 0 saturated carbocycles. The Hall–Kier alpha value is -1.65. The average molecular weight is 237 g/mol. The molecule has 0 radical (unpaired) electrons. The molecule has 94 valence electrons. The normalized spacial score (nSPS) is 12.2. The Morgan fingerprint density at radius 3 is 2.53 bits per heavy atom. The highest BCUT2D eigenvalue weighted by molar-refractivity contribution is 5.95. The van der Waals surface area contributed by atoms with Gasteiger partial charge in [0, 0.05) is 5.92 Å². The molecule has 1 aromatic heterocycles. The van der Waals surface area contributed by atoms with Gasteiger partial charge in [-0.05, 0) is 20.3 Å². The number of rotatable bonds is 4. The van der Waals surface area contributed by atoms with E-state index >= 15 is 0 Å². The van der Waals surface area contributed by atoms with Gasteiger partial charge in [0.2, 0.25) is 0 Å². The van der Waals surface area contributed by atoms with E-state index in [1.54, 1.807) is 13.8 Å². The largest absolute Gasteiger partial charge is 0.462 e. The van der Waals surface area contributed by atoms with Crippen molar-refractivity contribution in [3.05, 3.63) is 17.1 Å². The van der Waals surface area contributed by atoms with Gasteiger partial charge >= 0.3 is 5.97 Å². The molecule has 1 heterocycles. The van der Waals surface area contributed by atoms with Crippen LogP contribution in [0.25, 0.3) is 0 Å². The van der Waals surface area contributed by atoms with Crippen LogP contribution in [0.4, 0.5) is 5.82 Å². The van der Waals surface area contributed by atoms with E-state index in [2.05, 4.69) is 16.9 Å². The number of hydrogen-bond acceptors (Lipinski definition) is 5. The van der Waals surface area contributed by atoms with Crippen LogP contribution < -0.4 is 5.73 Å². The zero-order chi connectivity index (χ0) is 13.0. The number of aromatic nitrogens is 2. The van der Waals surface area contributed by atoms with Gasteiger partial charge < -0.3 is 10.5 Å². The maximum absolute atomic E-state index is 11.7. The second-order valence-electron chi connectivity index (χ2n) is 3.96. The Morgan fingerprint density at radius 2 is 2.06 bits per heavy atom. The maximum atomic E-state index is 11.7. The first kappa shape index (κ1) is 13.4. The molecule has 1 rings (SSSR count). The van der Waals surface area contributed by atoms with E-state index in [1.165, 1.54) is 0 Å². The van der Waals surface area contributed by atoms with Crippen molar-refractivity contribution in [1.29, 1.82) is 0 Å². The molecule has 5 heteroatoms. The quantitative estimate of drug-likeness (QED) is 0.811. The molecule has 0 amide bonds. The van der Waals surface area contributed by atoms with E-state index in [0.717, 1.165) is 6.42 Å². The summed E-state index contributed by atoms with van der Waals surface area (Å²) in [5.41, 5.74) is 6.65. The number of anilines is 1. The predicted octanol–water partition coefficient (Wildman–Crippen LogP) is 2.06. The molecule has 0 bridgehead atoms. The van der Waals surface area contributed by atoms with Gasteiger partial charge in [0.05, 0.1) is 12.3 Å². The number of carbonyl (C=O) groups excluding carboxylic acids is 1. The summed E-state index contributed by atoms with van der Waals surface area (Å²) in [5, 5.41) is 0. The van der Waals surface area contributed by atoms with Crippen molar-refractivity contribution in [1.82, 2.24) is 9.97 Å². The second-order valence-corrected chi connectivity index (χ2v) is 3.96. The average Bonchev–Trinajstić information content (AvgIpc) is 2.27. The Labute approximate surface area is 101 Å². The van der Waals surface area contributed by atoms with Crippen molar-refractivity contribution in [2.45, 2.75) is 40.0 Å². The minimum Gasteiger partial charge on any atom is -0.462 e. The monoisotopic (exact) mass is 237 g/mol. The second kappa shape index (κ2) is 5.61. The van der Waals surface area contributed by atoms with Gasteiger partial charge in [0.15, 0.2) is 0 Å². The molecule has 2 N–H and O–H groups in total. The van der Waals surface area contributed by atoms with Crippen LogP contribution in [-0.2, 0) is 4.74 Å². The third kappa shape index (κ3) is 2.93. The van der Waals surface area contributed by atoms with Crippen molar-refractivity contribution in [3.8, 4) is 0 Å². The first-order valence-electron chi connectivity index (χ1n) is 5.82. The number of carbonyl (C=O) groups is 1. The summed E-state index contributed by atoms with van der Waals surface area (Å²) >= 11 is 0. The van der Waals surface area contributed by atoms with Gasteiger partial charge in [-0.15, -0.1) is 0 Å². The van der Waals surface area contributed by atoms with E-state index in [4.69, 9.17) is 10.5 Å². The molecule has 0 aliphatic carbocycles. The molecule has 0 saturated heterocycles. The summed E-state index contributed by atoms with van der Waals surface area (Å²) < 4.78 is 4.92. The van der Waals surface area contributed by atoms with Gasteiger partial charge in [-0.25, -0.2) is 14.8 Å². The number of nitrogen functional groups attached to an aromatic ring is 1. The van der Waals surface area contributed by atoms with Crippen LogP contribution in [0.15, 0.2) is 0 Å². The molecule has 0 aliphatic heterocycles. The zero-order valence-corrected chi connectivity index (χ0v) is 10.8. The predicted molar refractivity (Wildman–Crippen MR) is 65.8 cm³/mol. The van der Waals surface area contributed by atoms with Gasteiger partial charge in [-0.1, -0.05) is 13.8 Å². The minimum absolute atomic E-state index is 0.200. The van der Waals surface area contributed by atoms with Crippen molar-refractivity contribution in [3.63, 3.8) is 0 Å². The Kier molecular flexibility index (Phi) is 4.43. The summed E-state index contributed by atoms with van der Waals surface area (Å²) in [6.07, 6.45) is 0.928. The molecule has 5 nitrogen and oxygen atoms in total. The van der Waals surface area contributed by atoms with Crippen molar-refractivity contribution in [2.24, 2.45) is 0 Å². The fourth-order valence-electron chi connectivity index (χ4n) is 1.48. The highest BCUT2D eigenvalue weighted by atomic mass is 16.5. The first-order valence-corrected chi connectivity index (χ1v) is 5.82. The first-order chi connectivity index (χ1) is 8.01. The van der Waals surface area contributed by atoms with Gasteiger partial charge in [0.1, 0.15) is 17.2 Å². The van der Waals surface area contributed by atoms with Crippen LogP contribution >= 0.6 is 0 Å². The third-order valence-corrected chi connectivity index (χ3v) is 2.67. The molecule has 1 aromatic rings. The number of nitrogens with zero attached hydrogens (tertiary/aromatic N) is 2. The van der Waals surface area contributed by atoms with Gasteiger partial charge in [0.25, 0.3) is 0 Å². The lowest BCUT2D eigenvalue weighted by Gasteiger charge is -2.12. The topological polar surface area (TPSA) is 78.1 Å². The molecular formula is C12H19N3O2. The molecule has 1 unspecified atom stereocenters. The SMILES string of the molecule is CCOC(=O)c1c(C)nc(C(C)CC)nc1N. The van der Waals surface area contributed by atoms with E-state index in [0.29, 0.717) is 18.1 Å². The van der Waals surface area contributed by atoms with Gasteiger partial charge in [-0.3, -0.25) is 0 Å². The van der Waals surface area contributed by atoms with Crippen LogP contribution in [0, 0.1) is 6.92 Å². The Bertz CT molecular complexity index is 395. The molecule has 0 fully saturated rings. The van der Waals surface area contributed by atoms with Crippen LogP contribution in [0.2, 0.25) is 0 Å². The van der Waals surface area contributed by atoms with Crippen molar-refractivity contribution >= 4 is 11.8 Å². The lowest BCUT2D eigenvalue weighted by atomic mass is 10.1. The molecule has 0 spiro atoms. The Balaban J connectivity index is 3.15. The van der Waals surface area contributed by atoms with Crippen LogP contribution in [-0.4, -0.2) is 22.5 Å². The standard InChI is InChI=1S/C12H19N3O2/c1-5-7(3)11-14-8(4)9(10(13)15-11)12(16)17-6-2/h7H,5-6H2,1-4H3,(H2,13,14,15). The summed E-state index contributed by atoms with van der Waals surface area (Å²) in [5.74, 6) is 0.646. The number of aryl methyl sites for hydroxylation is 1. The lowest BCUT2D eigenvalue weighted by Crippen LogP contribution is -2.15. The fraction of sp³-hybridized carbons (Fsp3) is 0.583. The molecule has 1 atom stereocenters. The summed E-state index contributed by atoms with van der Waals surface area (Å²) in [6.45, 7) is 7.88. The third-order valence-electron chi connectivity index (χ3n) is 2.67. The summed E-state index contributed by atoms with van der Waals surface area (Å²) in [7, 11) is 0. The Morgan fingerprint density at radius 1 is 1.41 bits per heavy atom. The number of esters is 1. The number of hydrogen-bond donors (Lipinski definition) is 1. The van der Waals surface area contributed by atoms with Crippen LogP contribution in [0.1, 0.15) is 55.0 Å². The fourth-order valence-corrected chi connectivity index (χ4v) is 1.48. The summed E-state index contributed by atoms with van der Waals surface area (Å²) in [6, 6.07) is 0. The van der Waals surface area contributed by atoms with E-state index in [1.807, 2.05) is 6.92 Å². The van der Waals surface area contributed by atoms with E-state index in [9.17, 15) is 4.79 Å². The summed E-state index contributed by atoms with van der Waals surface area (Å²) in [4.78, 5) is 20.1. The van der Waals surface area contributed by atoms with Crippen LogP contribution in [0.3, 0.4) is 0 Å². The molecule has 17 heavy (non-hydrogen) atoms. The number of nitrogens with two attached hydrogens (primary N) is 1. The zero-order valence-electron chi connectivity index (χ0n) is 10.8. The highest BCUT2D eigenvalue weighted by Gasteiger charge is 2.19. The smallest absolute Gasteiger partial charge is 0.343 e. The highest BCUT2D eigenvalue weighted by Crippen LogP contribution is 2.20. The minimum atomic E-state index is -0.460. The number of ether oxygens (including phenoxy) is 1. The lowest BCUT2D eigenvalue weighted by molar-refractivity contribution is 0.0525. The maximum Gasteiger partial charge on any atom is 0.343 e. The molecule has 0 aliphatic rings. The molecule has 0 aromatic carbocycles. The van der Waals surface area contributed by atoms with E-state index in [-0.39, 0.29) is 17.3 Å². The van der Waals surface area contributed by atoms with Crippen molar-refractivity contribution < 1.29 is 9.53 Å².